The summed E-state index contributed by atoms with van der Waals surface area (Å²) in [5.74, 6) is 5.28. The van der Waals surface area contributed by atoms with E-state index in [2.05, 4.69) is 10.1 Å². The summed E-state index contributed by atoms with van der Waals surface area (Å²) in [6.07, 6.45) is 1.54. The highest BCUT2D eigenvalue weighted by molar-refractivity contribution is 7.89. The predicted molar refractivity (Wildman–Crippen MR) is 70.6 cm³/mol. The van der Waals surface area contributed by atoms with Crippen LogP contribution in [0.15, 0.2) is 29.2 Å². The number of nitrogen functional groups attached to an aromatic ring is 1. The molecule has 0 fully saturated rings. The fourth-order valence-electron chi connectivity index (χ4n) is 1.48. The molecule has 0 spiro atoms. The molecule has 1 aromatic rings. The molecular formula is C11H19N3O3S. The van der Waals surface area contributed by atoms with Crippen LogP contribution in [-0.2, 0) is 14.8 Å². The summed E-state index contributed by atoms with van der Waals surface area (Å²) in [6, 6.07) is 6.49. The van der Waals surface area contributed by atoms with Crippen molar-refractivity contribution >= 4 is 15.7 Å². The van der Waals surface area contributed by atoms with Crippen molar-refractivity contribution < 1.29 is 13.2 Å². The van der Waals surface area contributed by atoms with Crippen LogP contribution in [0.5, 0.6) is 0 Å². The molecule has 0 aliphatic heterocycles. The van der Waals surface area contributed by atoms with Crippen molar-refractivity contribution in [1.29, 1.82) is 0 Å². The topological polar surface area (TPSA) is 93.4 Å². The third kappa shape index (κ3) is 4.26. The van der Waals surface area contributed by atoms with Crippen LogP contribution in [0.3, 0.4) is 0 Å². The van der Waals surface area contributed by atoms with Gasteiger partial charge < -0.3 is 10.2 Å². The Labute approximate surface area is 108 Å². The van der Waals surface area contributed by atoms with Crippen LogP contribution in [0.1, 0.15) is 12.8 Å². The molecule has 1 aromatic carbocycles. The number of benzene rings is 1. The Kier molecular flexibility index (Phi) is 6.06. The number of hydrogen-bond acceptors (Lipinski definition) is 5. The first-order chi connectivity index (χ1) is 8.61. The number of nitrogens with one attached hydrogen (secondary N) is 2. The van der Waals surface area contributed by atoms with Crippen molar-refractivity contribution in [2.45, 2.75) is 17.7 Å². The lowest BCUT2D eigenvalue weighted by Gasteiger charge is -2.10. The first kappa shape index (κ1) is 14.9. The van der Waals surface area contributed by atoms with E-state index in [-0.39, 0.29) is 4.90 Å². The molecular weight excluding hydrogens is 254 g/mol. The molecule has 0 saturated heterocycles. The summed E-state index contributed by atoms with van der Waals surface area (Å²) >= 11 is 0. The van der Waals surface area contributed by atoms with E-state index in [9.17, 15) is 8.42 Å². The Morgan fingerprint density at radius 3 is 2.67 bits per heavy atom. The van der Waals surface area contributed by atoms with Crippen LogP contribution in [0.25, 0.3) is 0 Å². The number of para-hydroxylation sites is 1. The zero-order valence-corrected chi connectivity index (χ0v) is 11.2. The van der Waals surface area contributed by atoms with Crippen LogP contribution >= 0.6 is 0 Å². The van der Waals surface area contributed by atoms with Gasteiger partial charge in [-0.2, -0.15) is 0 Å². The number of anilines is 1. The van der Waals surface area contributed by atoms with E-state index < -0.39 is 10.0 Å². The molecule has 1 rings (SSSR count). The van der Waals surface area contributed by atoms with Gasteiger partial charge in [0.1, 0.15) is 4.90 Å². The molecule has 6 nitrogen and oxygen atoms in total. The van der Waals surface area contributed by atoms with E-state index in [0.717, 1.165) is 12.8 Å². The molecule has 0 unspecified atom stereocenters. The van der Waals surface area contributed by atoms with Crippen molar-refractivity contribution in [1.82, 2.24) is 4.72 Å². The third-order valence-electron chi connectivity index (χ3n) is 2.40. The summed E-state index contributed by atoms with van der Waals surface area (Å²) in [7, 11) is -1.91. The van der Waals surface area contributed by atoms with E-state index >= 15 is 0 Å². The summed E-state index contributed by atoms with van der Waals surface area (Å²) in [5, 5.41) is 0. The lowest BCUT2D eigenvalue weighted by atomic mass is 10.3. The lowest BCUT2D eigenvalue weighted by molar-refractivity contribution is 0.193. The molecule has 0 radical (unpaired) electrons. The van der Waals surface area contributed by atoms with Gasteiger partial charge in [0.15, 0.2) is 0 Å². The van der Waals surface area contributed by atoms with E-state index in [4.69, 9.17) is 10.6 Å². The summed E-state index contributed by atoms with van der Waals surface area (Å²) < 4.78 is 31.4. The summed E-state index contributed by atoms with van der Waals surface area (Å²) in [6.45, 7) is 1.01. The molecule has 0 atom stereocenters. The average molecular weight is 273 g/mol. The molecule has 102 valence electrons. The number of methoxy groups -OCH3 is 1. The van der Waals surface area contributed by atoms with Crippen molar-refractivity contribution in [3.63, 3.8) is 0 Å². The standard InChI is InChI=1S/C11H19N3O3S/c1-17-9-5-4-8-13-18(15,16)11-7-3-2-6-10(11)14-12/h2-3,6-7,13-14H,4-5,8-9,12H2,1H3. The van der Waals surface area contributed by atoms with Gasteiger partial charge in [-0.05, 0) is 25.0 Å². The number of sulfonamides is 1. The molecule has 0 heterocycles. The fraction of sp³-hybridized carbons (Fsp3) is 0.455. The quantitative estimate of drug-likeness (QED) is 0.368. The Morgan fingerprint density at radius 2 is 2.00 bits per heavy atom. The first-order valence-corrected chi connectivity index (χ1v) is 7.14. The summed E-state index contributed by atoms with van der Waals surface area (Å²) in [5.41, 5.74) is 2.75. The maximum Gasteiger partial charge on any atom is 0.242 e. The zero-order valence-electron chi connectivity index (χ0n) is 10.3. The van der Waals surface area contributed by atoms with Gasteiger partial charge in [0.2, 0.25) is 10.0 Å². The van der Waals surface area contributed by atoms with Crippen LogP contribution in [0.4, 0.5) is 5.69 Å². The van der Waals surface area contributed by atoms with E-state index in [1.54, 1.807) is 25.3 Å². The molecule has 0 aliphatic carbocycles. The Balaban J connectivity index is 2.63. The van der Waals surface area contributed by atoms with Crippen LogP contribution in [0.2, 0.25) is 0 Å². The van der Waals surface area contributed by atoms with Gasteiger partial charge in [0.05, 0.1) is 5.69 Å². The number of unbranched alkanes of at least 4 members (excludes halogenated alkanes) is 1. The number of rotatable bonds is 8. The maximum atomic E-state index is 12.0. The fourth-order valence-corrected chi connectivity index (χ4v) is 2.72. The van der Waals surface area contributed by atoms with Gasteiger partial charge in [0, 0.05) is 20.3 Å². The monoisotopic (exact) mass is 273 g/mol. The second-order valence-electron chi connectivity index (χ2n) is 3.74. The molecule has 0 amide bonds. The van der Waals surface area contributed by atoms with Gasteiger partial charge in [-0.3, -0.25) is 5.84 Å². The number of hydrogen-bond donors (Lipinski definition) is 3. The second-order valence-corrected chi connectivity index (χ2v) is 5.47. The first-order valence-electron chi connectivity index (χ1n) is 5.66. The van der Waals surface area contributed by atoms with Crippen molar-refractivity contribution in [2.75, 3.05) is 25.7 Å². The Hall–Kier alpha value is -1.15. The SMILES string of the molecule is COCCCCNS(=O)(=O)c1ccccc1NN. The largest absolute Gasteiger partial charge is 0.385 e. The number of ether oxygens (including phenoxy) is 1. The van der Waals surface area contributed by atoms with Gasteiger partial charge >= 0.3 is 0 Å². The molecule has 0 bridgehead atoms. The van der Waals surface area contributed by atoms with Gasteiger partial charge in [-0.25, -0.2) is 13.1 Å². The Bertz CT molecular complexity index is 462. The second kappa shape index (κ2) is 7.32. The van der Waals surface area contributed by atoms with Gasteiger partial charge in [-0.1, -0.05) is 12.1 Å². The molecule has 4 N–H and O–H groups in total. The minimum Gasteiger partial charge on any atom is -0.385 e. The van der Waals surface area contributed by atoms with Gasteiger partial charge in [-0.15, -0.1) is 0 Å². The molecule has 7 heteroatoms. The molecule has 0 saturated carbocycles. The minimum atomic E-state index is -3.52. The van der Waals surface area contributed by atoms with Crippen LogP contribution < -0.4 is 16.0 Å². The highest BCUT2D eigenvalue weighted by Gasteiger charge is 2.16. The van der Waals surface area contributed by atoms with E-state index in [1.807, 2.05) is 0 Å². The highest BCUT2D eigenvalue weighted by Crippen LogP contribution is 2.19. The van der Waals surface area contributed by atoms with Crippen molar-refractivity contribution in [3.8, 4) is 0 Å². The van der Waals surface area contributed by atoms with Crippen molar-refractivity contribution in [3.05, 3.63) is 24.3 Å². The Morgan fingerprint density at radius 1 is 1.28 bits per heavy atom. The average Bonchev–Trinajstić information content (AvgIpc) is 2.38. The van der Waals surface area contributed by atoms with Crippen LogP contribution in [-0.4, -0.2) is 28.7 Å². The lowest BCUT2D eigenvalue weighted by Crippen LogP contribution is -2.26. The molecule has 0 aromatic heterocycles. The zero-order chi connectivity index (χ0) is 13.4. The smallest absolute Gasteiger partial charge is 0.242 e. The number of hydrazine groups is 1. The predicted octanol–water partition coefficient (Wildman–Crippen LogP) is 0.677. The van der Waals surface area contributed by atoms with Crippen LogP contribution in [0, 0.1) is 0 Å². The highest BCUT2D eigenvalue weighted by atomic mass is 32.2. The summed E-state index contributed by atoms with van der Waals surface area (Å²) in [4.78, 5) is 0.152. The molecule has 18 heavy (non-hydrogen) atoms. The number of nitrogens with two attached hydrogens (primary N) is 1. The normalized spacial score (nSPS) is 11.4. The minimum absolute atomic E-state index is 0.152. The van der Waals surface area contributed by atoms with E-state index in [0.29, 0.717) is 18.8 Å². The van der Waals surface area contributed by atoms with Gasteiger partial charge in [0.25, 0.3) is 0 Å². The van der Waals surface area contributed by atoms with E-state index in [1.165, 1.54) is 6.07 Å². The molecule has 0 aliphatic rings. The van der Waals surface area contributed by atoms with Crippen molar-refractivity contribution in [2.24, 2.45) is 5.84 Å². The maximum absolute atomic E-state index is 12.0. The third-order valence-corrected chi connectivity index (χ3v) is 3.92.